The zero-order valence-corrected chi connectivity index (χ0v) is 17.0. The average Bonchev–Trinajstić information content (AvgIpc) is 3.38. The van der Waals surface area contributed by atoms with Crippen molar-refractivity contribution >= 4 is 28.1 Å². The van der Waals surface area contributed by atoms with Crippen molar-refractivity contribution in [2.45, 2.75) is 19.9 Å². The number of anilines is 2. The van der Waals surface area contributed by atoms with Crippen LogP contribution in [0.3, 0.4) is 0 Å². The lowest BCUT2D eigenvalue weighted by molar-refractivity contribution is 0.0997. The van der Waals surface area contributed by atoms with Gasteiger partial charge in [0.15, 0.2) is 5.76 Å². The summed E-state index contributed by atoms with van der Waals surface area (Å²) in [5.41, 5.74) is 3.27. The van der Waals surface area contributed by atoms with Crippen molar-refractivity contribution in [3.8, 4) is 0 Å². The van der Waals surface area contributed by atoms with E-state index in [1.54, 1.807) is 29.7 Å². The van der Waals surface area contributed by atoms with E-state index in [9.17, 15) is 4.79 Å². The van der Waals surface area contributed by atoms with Gasteiger partial charge in [0.1, 0.15) is 10.8 Å². The van der Waals surface area contributed by atoms with Crippen molar-refractivity contribution < 1.29 is 9.21 Å². The van der Waals surface area contributed by atoms with Gasteiger partial charge in [-0.15, -0.1) is 11.3 Å². The van der Waals surface area contributed by atoms with E-state index in [0.717, 1.165) is 26.8 Å². The second-order valence-corrected chi connectivity index (χ2v) is 8.03. The van der Waals surface area contributed by atoms with Crippen molar-refractivity contribution in [1.82, 2.24) is 4.98 Å². The first kappa shape index (κ1) is 19.0. The molecule has 29 heavy (non-hydrogen) atoms. The minimum atomic E-state index is -0.265. The zero-order valence-electron chi connectivity index (χ0n) is 16.2. The number of carbonyl (C=O) groups is 1. The van der Waals surface area contributed by atoms with E-state index in [4.69, 9.17) is 4.42 Å². The van der Waals surface area contributed by atoms with Crippen molar-refractivity contribution in [1.29, 1.82) is 0 Å². The van der Waals surface area contributed by atoms with Crippen LogP contribution in [-0.4, -0.2) is 10.9 Å². The molecule has 146 valence electrons. The highest BCUT2D eigenvalue weighted by molar-refractivity contribution is 7.16. The molecule has 0 aliphatic rings. The summed E-state index contributed by atoms with van der Waals surface area (Å²) in [6, 6.07) is 19.4. The molecule has 0 aliphatic carbocycles. The number of aryl methyl sites for hydroxylation is 2. The number of benzene rings is 1. The second-order valence-electron chi connectivity index (χ2n) is 6.78. The van der Waals surface area contributed by atoms with Gasteiger partial charge < -0.3 is 15.1 Å². The SMILES string of the molecule is Cc1ccc([C@@H](Nc2ccccn2)c2cc(C)sc2NC(=O)c2ccco2)cc1. The lowest BCUT2D eigenvalue weighted by atomic mass is 9.99. The maximum Gasteiger partial charge on any atom is 0.291 e. The van der Waals surface area contributed by atoms with Crippen LogP contribution in [0.5, 0.6) is 0 Å². The molecule has 0 saturated carbocycles. The number of aromatic nitrogens is 1. The molecule has 0 fully saturated rings. The van der Waals surface area contributed by atoms with E-state index in [-0.39, 0.29) is 17.7 Å². The van der Waals surface area contributed by atoms with E-state index >= 15 is 0 Å². The molecule has 1 aromatic carbocycles. The molecule has 0 bridgehead atoms. The standard InChI is InChI=1S/C23H21N3O2S/c1-15-8-10-17(11-9-15)21(25-20-7-3-4-12-24-20)18-14-16(2)29-23(18)26-22(27)19-6-5-13-28-19/h3-14,21H,1-2H3,(H,24,25)(H,26,27)/t21-/m1/s1. The topological polar surface area (TPSA) is 67.2 Å². The minimum Gasteiger partial charge on any atom is -0.459 e. The van der Waals surface area contributed by atoms with Crippen LogP contribution in [0.25, 0.3) is 0 Å². The maximum atomic E-state index is 12.6. The highest BCUT2D eigenvalue weighted by atomic mass is 32.1. The summed E-state index contributed by atoms with van der Waals surface area (Å²) < 4.78 is 5.24. The van der Waals surface area contributed by atoms with Gasteiger partial charge in [0.25, 0.3) is 5.91 Å². The van der Waals surface area contributed by atoms with Crippen LogP contribution >= 0.6 is 11.3 Å². The van der Waals surface area contributed by atoms with Crippen LogP contribution in [-0.2, 0) is 0 Å². The summed E-state index contributed by atoms with van der Waals surface area (Å²) in [6.07, 6.45) is 3.25. The summed E-state index contributed by atoms with van der Waals surface area (Å²) in [7, 11) is 0. The number of hydrogen-bond donors (Lipinski definition) is 2. The number of pyridine rings is 1. The van der Waals surface area contributed by atoms with Gasteiger partial charge >= 0.3 is 0 Å². The van der Waals surface area contributed by atoms with E-state index in [2.05, 4.69) is 52.9 Å². The predicted octanol–water partition coefficient (Wildman–Crippen LogP) is 5.81. The Bertz CT molecular complexity index is 1090. The molecule has 0 radical (unpaired) electrons. The number of furan rings is 1. The lowest BCUT2D eigenvalue weighted by Crippen LogP contribution is -2.16. The number of hydrogen-bond acceptors (Lipinski definition) is 5. The molecule has 0 spiro atoms. The smallest absolute Gasteiger partial charge is 0.291 e. The van der Waals surface area contributed by atoms with Gasteiger partial charge in [-0.05, 0) is 49.7 Å². The third-order valence-corrected chi connectivity index (χ3v) is 5.52. The van der Waals surface area contributed by atoms with Crippen LogP contribution in [0.4, 0.5) is 10.8 Å². The largest absolute Gasteiger partial charge is 0.459 e. The summed E-state index contributed by atoms with van der Waals surface area (Å²) in [6.45, 7) is 4.10. The number of thiophene rings is 1. The molecule has 6 heteroatoms. The maximum absolute atomic E-state index is 12.6. The first-order valence-corrected chi connectivity index (χ1v) is 10.1. The van der Waals surface area contributed by atoms with Crippen LogP contribution in [0.1, 0.15) is 38.2 Å². The fourth-order valence-corrected chi connectivity index (χ4v) is 4.06. The Hall–Kier alpha value is -3.38. The lowest BCUT2D eigenvalue weighted by Gasteiger charge is -2.21. The number of carbonyl (C=O) groups excluding carboxylic acids is 1. The summed E-state index contributed by atoms with van der Waals surface area (Å²) in [5, 5.41) is 7.31. The second kappa shape index (κ2) is 8.32. The van der Waals surface area contributed by atoms with E-state index in [1.165, 1.54) is 11.8 Å². The van der Waals surface area contributed by atoms with Gasteiger partial charge in [0.2, 0.25) is 0 Å². The van der Waals surface area contributed by atoms with Gasteiger partial charge in [0, 0.05) is 16.6 Å². The normalized spacial score (nSPS) is 11.8. The fourth-order valence-electron chi connectivity index (χ4n) is 3.11. The number of amides is 1. The molecule has 0 saturated heterocycles. The number of rotatable bonds is 6. The quantitative estimate of drug-likeness (QED) is 0.426. The van der Waals surface area contributed by atoms with Gasteiger partial charge in [-0.25, -0.2) is 4.98 Å². The molecule has 1 atom stereocenters. The van der Waals surface area contributed by atoms with Gasteiger partial charge in [-0.3, -0.25) is 4.79 Å². The predicted molar refractivity (Wildman–Crippen MR) is 117 cm³/mol. The third-order valence-electron chi connectivity index (χ3n) is 4.53. The molecule has 5 nitrogen and oxygen atoms in total. The molecule has 4 rings (SSSR count). The average molecular weight is 404 g/mol. The number of nitrogens with one attached hydrogen (secondary N) is 2. The summed E-state index contributed by atoms with van der Waals surface area (Å²) in [4.78, 5) is 18.1. The van der Waals surface area contributed by atoms with Crippen molar-refractivity contribution in [3.63, 3.8) is 0 Å². The summed E-state index contributed by atoms with van der Waals surface area (Å²) >= 11 is 1.54. The van der Waals surface area contributed by atoms with Crippen molar-refractivity contribution in [2.75, 3.05) is 10.6 Å². The Morgan fingerprint density at radius 1 is 1.07 bits per heavy atom. The molecule has 1 amide bonds. The van der Waals surface area contributed by atoms with E-state index in [0.29, 0.717) is 0 Å². The molecule has 0 aliphatic heterocycles. The Morgan fingerprint density at radius 2 is 1.90 bits per heavy atom. The van der Waals surface area contributed by atoms with Crippen molar-refractivity contribution in [2.24, 2.45) is 0 Å². The van der Waals surface area contributed by atoms with Crippen LogP contribution in [0.15, 0.2) is 77.5 Å². The van der Waals surface area contributed by atoms with Crippen LogP contribution in [0, 0.1) is 13.8 Å². The molecule has 2 N–H and O–H groups in total. The highest BCUT2D eigenvalue weighted by Gasteiger charge is 2.22. The molecular weight excluding hydrogens is 382 g/mol. The minimum absolute atomic E-state index is 0.164. The Labute approximate surface area is 173 Å². The monoisotopic (exact) mass is 403 g/mol. The summed E-state index contributed by atoms with van der Waals surface area (Å²) in [5.74, 6) is 0.787. The molecule has 0 unspecified atom stereocenters. The van der Waals surface area contributed by atoms with Crippen LogP contribution in [0.2, 0.25) is 0 Å². The number of nitrogens with zero attached hydrogens (tertiary/aromatic N) is 1. The first-order chi connectivity index (χ1) is 14.1. The fraction of sp³-hybridized carbons (Fsp3) is 0.130. The Balaban J connectivity index is 1.72. The molecule has 3 aromatic heterocycles. The van der Waals surface area contributed by atoms with Gasteiger partial charge in [0.05, 0.1) is 12.3 Å². The molecular formula is C23H21N3O2S. The van der Waals surface area contributed by atoms with Crippen LogP contribution < -0.4 is 10.6 Å². The highest BCUT2D eigenvalue weighted by Crippen LogP contribution is 2.37. The molecule has 3 heterocycles. The van der Waals surface area contributed by atoms with Gasteiger partial charge in [-0.1, -0.05) is 35.9 Å². The van der Waals surface area contributed by atoms with Crippen molar-refractivity contribution in [3.05, 3.63) is 100 Å². The first-order valence-electron chi connectivity index (χ1n) is 9.29. The van der Waals surface area contributed by atoms with Gasteiger partial charge in [-0.2, -0.15) is 0 Å². The third kappa shape index (κ3) is 4.38. The zero-order chi connectivity index (χ0) is 20.2. The Kier molecular flexibility index (Phi) is 5.44. The van der Waals surface area contributed by atoms with E-state index < -0.39 is 0 Å². The van der Waals surface area contributed by atoms with E-state index in [1.807, 2.05) is 25.1 Å². The molecule has 4 aromatic rings. The Morgan fingerprint density at radius 3 is 2.59 bits per heavy atom.